The summed E-state index contributed by atoms with van der Waals surface area (Å²) in [5, 5.41) is 5.84. The summed E-state index contributed by atoms with van der Waals surface area (Å²) < 4.78 is 40.5. The number of aryl methyl sites for hydroxylation is 1. The third-order valence-electron chi connectivity index (χ3n) is 4.32. The Morgan fingerprint density at radius 2 is 1.54 bits per heavy atom. The number of nitrogens with one attached hydrogen (secondary N) is 2. The molecule has 0 fully saturated rings. The number of alkyl halides is 3. The monoisotopic (exact) mass is 386 g/mol. The van der Waals surface area contributed by atoms with Gasteiger partial charge >= 0.3 is 6.18 Å². The summed E-state index contributed by atoms with van der Waals surface area (Å²) in [6.07, 6.45) is -3.77. The number of aromatic nitrogens is 2. The molecule has 28 heavy (non-hydrogen) atoms. The Hall–Kier alpha value is -3.09. The Bertz CT molecular complexity index is 968. The van der Waals surface area contributed by atoms with E-state index >= 15 is 0 Å². The molecule has 3 aromatic rings. The Labute approximate surface area is 161 Å². The summed E-state index contributed by atoms with van der Waals surface area (Å²) in [6.45, 7) is 5.86. The molecule has 0 aliphatic carbocycles. The SMILES string of the molecule is Cc1ccccc1Nc1ncc(C(F)(F)F)c(Nc2ccccc2C(C)C)n1. The predicted molar refractivity (Wildman–Crippen MR) is 105 cm³/mol. The molecule has 3 rings (SSSR count). The maximum Gasteiger partial charge on any atom is 0.421 e. The fraction of sp³-hybridized carbons (Fsp3) is 0.238. The Balaban J connectivity index is 2.01. The zero-order chi connectivity index (χ0) is 20.3. The van der Waals surface area contributed by atoms with E-state index in [-0.39, 0.29) is 17.7 Å². The van der Waals surface area contributed by atoms with Gasteiger partial charge in [-0.2, -0.15) is 18.2 Å². The molecule has 0 bridgehead atoms. The van der Waals surface area contributed by atoms with Crippen molar-refractivity contribution in [3.63, 3.8) is 0 Å². The molecule has 0 spiro atoms. The van der Waals surface area contributed by atoms with Crippen molar-refractivity contribution in [3.8, 4) is 0 Å². The lowest BCUT2D eigenvalue weighted by molar-refractivity contribution is -0.137. The second kappa shape index (κ2) is 7.88. The van der Waals surface area contributed by atoms with Gasteiger partial charge in [0.1, 0.15) is 11.4 Å². The van der Waals surface area contributed by atoms with Gasteiger partial charge in [-0.05, 0) is 36.1 Å². The summed E-state index contributed by atoms with van der Waals surface area (Å²) in [7, 11) is 0. The maximum atomic E-state index is 13.5. The van der Waals surface area contributed by atoms with Gasteiger partial charge in [0.05, 0.1) is 0 Å². The highest BCUT2D eigenvalue weighted by Gasteiger charge is 2.35. The van der Waals surface area contributed by atoms with Gasteiger partial charge in [0, 0.05) is 17.6 Å². The van der Waals surface area contributed by atoms with Gasteiger partial charge in [-0.1, -0.05) is 50.2 Å². The van der Waals surface area contributed by atoms with Crippen LogP contribution in [0.1, 0.15) is 36.5 Å². The third kappa shape index (κ3) is 4.42. The molecule has 1 aromatic heterocycles. The molecule has 0 aliphatic heterocycles. The molecule has 2 N–H and O–H groups in total. The molecule has 146 valence electrons. The van der Waals surface area contributed by atoms with Crippen LogP contribution in [0, 0.1) is 6.92 Å². The summed E-state index contributed by atoms with van der Waals surface area (Å²) in [5.74, 6) is -0.0528. The van der Waals surface area contributed by atoms with E-state index in [1.54, 1.807) is 12.1 Å². The van der Waals surface area contributed by atoms with Crippen molar-refractivity contribution in [2.24, 2.45) is 0 Å². The van der Waals surface area contributed by atoms with Crippen molar-refractivity contribution in [1.29, 1.82) is 0 Å². The molecule has 2 aromatic carbocycles. The topological polar surface area (TPSA) is 49.8 Å². The van der Waals surface area contributed by atoms with Crippen LogP contribution < -0.4 is 10.6 Å². The minimum atomic E-state index is -4.57. The van der Waals surface area contributed by atoms with Crippen molar-refractivity contribution < 1.29 is 13.2 Å². The van der Waals surface area contributed by atoms with E-state index in [0.717, 1.165) is 23.0 Å². The molecule has 0 saturated carbocycles. The number of rotatable bonds is 5. The molecule has 0 aliphatic rings. The van der Waals surface area contributed by atoms with E-state index in [1.165, 1.54) is 0 Å². The number of hydrogen-bond acceptors (Lipinski definition) is 4. The number of para-hydroxylation sites is 2. The van der Waals surface area contributed by atoms with E-state index in [1.807, 2.05) is 57.2 Å². The summed E-state index contributed by atoms with van der Waals surface area (Å²) in [5.41, 5.74) is 2.24. The van der Waals surface area contributed by atoms with Gasteiger partial charge in [-0.15, -0.1) is 0 Å². The van der Waals surface area contributed by atoms with Gasteiger partial charge in [0.2, 0.25) is 5.95 Å². The molecule has 0 unspecified atom stereocenters. The standard InChI is InChI=1S/C21H21F3N4/c1-13(2)15-9-5-7-11-18(15)26-19-16(21(22,23)24)12-25-20(28-19)27-17-10-6-4-8-14(17)3/h4-13H,1-3H3,(H2,25,26,27,28). The highest BCUT2D eigenvalue weighted by Crippen LogP contribution is 2.36. The molecule has 0 atom stereocenters. The first-order valence-corrected chi connectivity index (χ1v) is 8.88. The fourth-order valence-electron chi connectivity index (χ4n) is 2.82. The highest BCUT2D eigenvalue weighted by atomic mass is 19.4. The summed E-state index contributed by atoms with van der Waals surface area (Å²) in [6, 6.07) is 14.7. The van der Waals surface area contributed by atoms with Gasteiger partial charge in [-0.25, -0.2) is 4.98 Å². The molecule has 7 heteroatoms. The van der Waals surface area contributed by atoms with Crippen LogP contribution in [0.4, 0.5) is 36.3 Å². The smallest absolute Gasteiger partial charge is 0.339 e. The fourth-order valence-corrected chi connectivity index (χ4v) is 2.82. The Kier molecular flexibility index (Phi) is 5.53. The zero-order valence-corrected chi connectivity index (χ0v) is 15.8. The van der Waals surface area contributed by atoms with E-state index in [2.05, 4.69) is 20.6 Å². The third-order valence-corrected chi connectivity index (χ3v) is 4.32. The summed E-state index contributed by atoms with van der Waals surface area (Å²) >= 11 is 0. The largest absolute Gasteiger partial charge is 0.421 e. The van der Waals surface area contributed by atoms with E-state index in [0.29, 0.717) is 5.69 Å². The lowest BCUT2D eigenvalue weighted by atomic mass is 10.0. The zero-order valence-electron chi connectivity index (χ0n) is 15.8. The van der Waals surface area contributed by atoms with Crippen LogP contribution in [0.5, 0.6) is 0 Å². The van der Waals surface area contributed by atoms with Crippen LogP contribution in [0.15, 0.2) is 54.7 Å². The van der Waals surface area contributed by atoms with Crippen LogP contribution in [0.2, 0.25) is 0 Å². The molecule has 0 radical (unpaired) electrons. The van der Waals surface area contributed by atoms with Crippen molar-refractivity contribution in [2.75, 3.05) is 10.6 Å². The van der Waals surface area contributed by atoms with E-state index in [9.17, 15) is 13.2 Å². The second-order valence-corrected chi connectivity index (χ2v) is 6.76. The maximum absolute atomic E-state index is 13.5. The van der Waals surface area contributed by atoms with Crippen molar-refractivity contribution in [3.05, 3.63) is 71.4 Å². The summed E-state index contributed by atoms with van der Waals surface area (Å²) in [4.78, 5) is 7.98. The van der Waals surface area contributed by atoms with Crippen LogP contribution in [-0.4, -0.2) is 9.97 Å². The number of benzene rings is 2. The van der Waals surface area contributed by atoms with E-state index < -0.39 is 11.7 Å². The van der Waals surface area contributed by atoms with Crippen molar-refractivity contribution in [2.45, 2.75) is 32.9 Å². The predicted octanol–water partition coefficient (Wildman–Crippen LogP) is 6.41. The quantitative estimate of drug-likeness (QED) is 0.532. The van der Waals surface area contributed by atoms with Crippen LogP contribution in [0.3, 0.4) is 0 Å². The molecule has 0 amide bonds. The molecular weight excluding hydrogens is 365 g/mol. The minimum Gasteiger partial charge on any atom is -0.339 e. The normalized spacial score (nSPS) is 11.5. The van der Waals surface area contributed by atoms with Crippen molar-refractivity contribution >= 4 is 23.1 Å². The van der Waals surface area contributed by atoms with Crippen LogP contribution in [0.25, 0.3) is 0 Å². The Morgan fingerprint density at radius 1 is 0.893 bits per heavy atom. The lowest BCUT2D eigenvalue weighted by Crippen LogP contribution is -2.13. The Morgan fingerprint density at radius 3 is 2.18 bits per heavy atom. The lowest BCUT2D eigenvalue weighted by Gasteiger charge is -2.18. The number of halogens is 3. The van der Waals surface area contributed by atoms with Crippen LogP contribution >= 0.6 is 0 Å². The molecular formula is C21H21F3N4. The average molecular weight is 386 g/mol. The van der Waals surface area contributed by atoms with Gasteiger partial charge < -0.3 is 10.6 Å². The minimum absolute atomic E-state index is 0.0897. The first kappa shape index (κ1) is 19.7. The molecule has 4 nitrogen and oxygen atoms in total. The molecule has 1 heterocycles. The van der Waals surface area contributed by atoms with Gasteiger partial charge in [0.25, 0.3) is 0 Å². The van der Waals surface area contributed by atoms with Crippen molar-refractivity contribution in [1.82, 2.24) is 9.97 Å². The number of nitrogens with zero attached hydrogens (tertiary/aromatic N) is 2. The highest BCUT2D eigenvalue weighted by molar-refractivity contribution is 5.66. The number of anilines is 4. The van der Waals surface area contributed by atoms with E-state index in [4.69, 9.17) is 0 Å². The first-order chi connectivity index (χ1) is 13.3. The van der Waals surface area contributed by atoms with Gasteiger partial charge in [0.15, 0.2) is 0 Å². The van der Waals surface area contributed by atoms with Crippen LogP contribution in [-0.2, 0) is 6.18 Å². The van der Waals surface area contributed by atoms with Gasteiger partial charge in [-0.3, -0.25) is 0 Å². The average Bonchev–Trinajstić information content (AvgIpc) is 2.63. The second-order valence-electron chi connectivity index (χ2n) is 6.76. The first-order valence-electron chi connectivity index (χ1n) is 8.88. The molecule has 0 saturated heterocycles. The number of hydrogen-bond donors (Lipinski definition) is 2.